The standard InChI is InChI=1S/C11H13N3OS2/c1-6(8-4-3-5-16-8)13-10(15)9-7(2)14-11(12)17-9/h3-6H,1-2H3,(H2,12,14)(H,13,15)/t6-/m1/s1. The van der Waals surface area contributed by atoms with Crippen molar-refractivity contribution in [3.05, 3.63) is 33.0 Å². The quantitative estimate of drug-likeness (QED) is 0.898. The van der Waals surface area contributed by atoms with Gasteiger partial charge in [-0.15, -0.1) is 11.3 Å². The highest BCUT2D eigenvalue weighted by molar-refractivity contribution is 7.17. The number of nitrogens with one attached hydrogen (secondary N) is 1. The maximum Gasteiger partial charge on any atom is 0.263 e. The fourth-order valence-corrected chi connectivity index (χ4v) is 2.97. The minimum atomic E-state index is -0.113. The zero-order valence-electron chi connectivity index (χ0n) is 9.56. The van der Waals surface area contributed by atoms with Crippen molar-refractivity contribution < 1.29 is 4.79 Å². The third kappa shape index (κ3) is 2.65. The minimum absolute atomic E-state index is 0.00484. The maximum absolute atomic E-state index is 12.0. The first-order valence-corrected chi connectivity index (χ1v) is 6.84. The van der Waals surface area contributed by atoms with Gasteiger partial charge in [-0.1, -0.05) is 17.4 Å². The van der Waals surface area contributed by atoms with Crippen LogP contribution in [0.25, 0.3) is 0 Å². The van der Waals surface area contributed by atoms with Gasteiger partial charge in [0.05, 0.1) is 11.7 Å². The topological polar surface area (TPSA) is 68.0 Å². The molecule has 0 bridgehead atoms. The third-order valence-corrected chi connectivity index (χ3v) is 4.38. The molecular formula is C11H13N3OS2. The Labute approximate surface area is 107 Å². The first-order chi connectivity index (χ1) is 8.08. The molecule has 2 aromatic rings. The Bertz CT molecular complexity index is 519. The minimum Gasteiger partial charge on any atom is -0.375 e. The lowest BCUT2D eigenvalue weighted by Crippen LogP contribution is -2.25. The van der Waals surface area contributed by atoms with Crippen LogP contribution < -0.4 is 11.1 Å². The summed E-state index contributed by atoms with van der Waals surface area (Å²) < 4.78 is 0. The molecule has 90 valence electrons. The normalized spacial score (nSPS) is 12.4. The molecule has 0 aliphatic heterocycles. The predicted octanol–water partition coefficient (Wildman–Crippen LogP) is 2.59. The van der Waals surface area contributed by atoms with Crippen LogP contribution in [0.3, 0.4) is 0 Å². The number of hydrogen-bond donors (Lipinski definition) is 2. The second kappa shape index (κ2) is 4.85. The van der Waals surface area contributed by atoms with Crippen molar-refractivity contribution >= 4 is 33.7 Å². The largest absolute Gasteiger partial charge is 0.375 e. The molecule has 1 amide bonds. The number of carbonyl (C=O) groups excluding carboxylic acids is 1. The highest BCUT2D eigenvalue weighted by Crippen LogP contribution is 2.22. The number of anilines is 1. The van der Waals surface area contributed by atoms with Gasteiger partial charge in [0.2, 0.25) is 0 Å². The van der Waals surface area contributed by atoms with Gasteiger partial charge in [0.1, 0.15) is 4.88 Å². The van der Waals surface area contributed by atoms with Crippen molar-refractivity contribution in [2.24, 2.45) is 0 Å². The SMILES string of the molecule is Cc1nc(N)sc1C(=O)N[C@H](C)c1cccs1. The van der Waals surface area contributed by atoms with Crippen LogP contribution in [-0.2, 0) is 0 Å². The molecular weight excluding hydrogens is 254 g/mol. The second-order valence-corrected chi connectivity index (χ2v) is 5.69. The summed E-state index contributed by atoms with van der Waals surface area (Å²) >= 11 is 2.85. The number of nitrogen functional groups attached to an aromatic ring is 1. The molecule has 6 heteroatoms. The van der Waals surface area contributed by atoms with E-state index in [1.54, 1.807) is 18.3 Å². The lowest BCUT2D eigenvalue weighted by molar-refractivity contribution is 0.0944. The monoisotopic (exact) mass is 267 g/mol. The molecule has 2 rings (SSSR count). The molecule has 0 saturated carbocycles. The van der Waals surface area contributed by atoms with E-state index in [9.17, 15) is 4.79 Å². The first kappa shape index (κ1) is 12.1. The van der Waals surface area contributed by atoms with Gasteiger partial charge in [-0.05, 0) is 25.3 Å². The summed E-state index contributed by atoms with van der Waals surface area (Å²) in [6.07, 6.45) is 0. The summed E-state index contributed by atoms with van der Waals surface area (Å²) in [5, 5.41) is 5.36. The van der Waals surface area contributed by atoms with Crippen LogP contribution >= 0.6 is 22.7 Å². The molecule has 0 aliphatic rings. The van der Waals surface area contributed by atoms with Gasteiger partial charge in [0.25, 0.3) is 5.91 Å². The zero-order valence-corrected chi connectivity index (χ0v) is 11.2. The van der Waals surface area contributed by atoms with E-state index < -0.39 is 0 Å². The molecule has 2 aromatic heterocycles. The summed E-state index contributed by atoms with van der Waals surface area (Å²) in [4.78, 5) is 17.8. The zero-order chi connectivity index (χ0) is 12.4. The fourth-order valence-electron chi connectivity index (χ4n) is 1.50. The van der Waals surface area contributed by atoms with Gasteiger partial charge in [0.15, 0.2) is 5.13 Å². The predicted molar refractivity (Wildman–Crippen MR) is 71.5 cm³/mol. The van der Waals surface area contributed by atoms with Crippen molar-refractivity contribution in [3.8, 4) is 0 Å². The van der Waals surface area contributed by atoms with E-state index in [4.69, 9.17) is 5.73 Å². The van der Waals surface area contributed by atoms with Gasteiger partial charge in [-0.2, -0.15) is 0 Å². The Morgan fingerprint density at radius 1 is 1.59 bits per heavy atom. The molecule has 17 heavy (non-hydrogen) atoms. The smallest absolute Gasteiger partial charge is 0.263 e. The molecule has 0 spiro atoms. The van der Waals surface area contributed by atoms with Gasteiger partial charge in [-0.25, -0.2) is 4.98 Å². The summed E-state index contributed by atoms with van der Waals surface area (Å²) in [6, 6.07) is 3.98. The Morgan fingerprint density at radius 2 is 2.35 bits per heavy atom. The lowest BCUT2D eigenvalue weighted by atomic mass is 10.2. The van der Waals surface area contributed by atoms with Gasteiger partial charge >= 0.3 is 0 Å². The van der Waals surface area contributed by atoms with Crippen molar-refractivity contribution in [1.82, 2.24) is 10.3 Å². The molecule has 3 N–H and O–H groups in total. The van der Waals surface area contributed by atoms with E-state index in [-0.39, 0.29) is 11.9 Å². The summed E-state index contributed by atoms with van der Waals surface area (Å²) in [5.41, 5.74) is 6.26. The number of rotatable bonds is 3. The van der Waals surface area contributed by atoms with Crippen LogP contribution in [0, 0.1) is 6.92 Å². The molecule has 0 unspecified atom stereocenters. The molecule has 0 aromatic carbocycles. The number of nitrogens with zero attached hydrogens (tertiary/aromatic N) is 1. The highest BCUT2D eigenvalue weighted by atomic mass is 32.1. The van der Waals surface area contributed by atoms with Gasteiger partial charge in [0, 0.05) is 4.88 Å². The van der Waals surface area contributed by atoms with Crippen LogP contribution in [0.2, 0.25) is 0 Å². The molecule has 0 aliphatic carbocycles. The summed E-state index contributed by atoms with van der Waals surface area (Å²) in [6.45, 7) is 3.75. The summed E-state index contributed by atoms with van der Waals surface area (Å²) in [5.74, 6) is -0.113. The Hall–Kier alpha value is -1.40. The van der Waals surface area contributed by atoms with E-state index in [1.165, 1.54) is 11.3 Å². The number of carbonyl (C=O) groups is 1. The Balaban J connectivity index is 2.09. The van der Waals surface area contributed by atoms with Crippen molar-refractivity contribution in [2.75, 3.05) is 5.73 Å². The Morgan fingerprint density at radius 3 is 2.88 bits per heavy atom. The number of thiazole rings is 1. The average Bonchev–Trinajstić information content (AvgIpc) is 2.87. The number of aromatic nitrogens is 1. The van der Waals surface area contributed by atoms with Gasteiger partial charge < -0.3 is 11.1 Å². The number of amides is 1. The summed E-state index contributed by atoms with van der Waals surface area (Å²) in [7, 11) is 0. The average molecular weight is 267 g/mol. The van der Waals surface area contributed by atoms with Crippen molar-refractivity contribution in [3.63, 3.8) is 0 Å². The highest BCUT2D eigenvalue weighted by Gasteiger charge is 2.17. The van der Waals surface area contributed by atoms with Crippen LogP contribution in [0.15, 0.2) is 17.5 Å². The third-order valence-electron chi connectivity index (χ3n) is 2.34. The van der Waals surface area contributed by atoms with E-state index >= 15 is 0 Å². The van der Waals surface area contributed by atoms with E-state index in [2.05, 4.69) is 10.3 Å². The molecule has 1 atom stereocenters. The molecule has 0 saturated heterocycles. The van der Waals surface area contributed by atoms with Crippen LogP contribution in [0.4, 0.5) is 5.13 Å². The molecule has 2 heterocycles. The van der Waals surface area contributed by atoms with Crippen molar-refractivity contribution in [1.29, 1.82) is 0 Å². The van der Waals surface area contributed by atoms with E-state index in [0.717, 1.165) is 4.88 Å². The van der Waals surface area contributed by atoms with Crippen molar-refractivity contribution in [2.45, 2.75) is 19.9 Å². The Kier molecular flexibility index (Phi) is 3.44. The number of nitrogens with two attached hydrogens (primary N) is 1. The second-order valence-electron chi connectivity index (χ2n) is 3.68. The maximum atomic E-state index is 12.0. The molecule has 0 fully saturated rings. The fraction of sp³-hybridized carbons (Fsp3) is 0.273. The number of thiophene rings is 1. The number of hydrogen-bond acceptors (Lipinski definition) is 5. The molecule has 0 radical (unpaired) electrons. The van der Waals surface area contributed by atoms with E-state index in [1.807, 2.05) is 24.4 Å². The molecule has 4 nitrogen and oxygen atoms in total. The van der Waals surface area contributed by atoms with Crippen LogP contribution in [0.1, 0.15) is 33.2 Å². The van der Waals surface area contributed by atoms with Crippen LogP contribution in [0.5, 0.6) is 0 Å². The lowest BCUT2D eigenvalue weighted by Gasteiger charge is -2.11. The van der Waals surface area contributed by atoms with E-state index in [0.29, 0.717) is 15.7 Å². The first-order valence-electron chi connectivity index (χ1n) is 5.15. The van der Waals surface area contributed by atoms with Crippen LogP contribution in [-0.4, -0.2) is 10.9 Å². The number of aryl methyl sites for hydroxylation is 1. The van der Waals surface area contributed by atoms with Gasteiger partial charge in [-0.3, -0.25) is 4.79 Å².